The fourth-order valence-corrected chi connectivity index (χ4v) is 2.79. The molecule has 1 aliphatic rings. The number of benzene rings is 1. The molecule has 1 aromatic carbocycles. The van der Waals surface area contributed by atoms with Crippen molar-refractivity contribution in [3.8, 4) is 5.75 Å². The number of carbonyl (C=O) groups is 1. The van der Waals surface area contributed by atoms with E-state index in [1.54, 1.807) is 7.11 Å². The van der Waals surface area contributed by atoms with Crippen LogP contribution in [0, 0.1) is 5.92 Å². The lowest BCUT2D eigenvalue weighted by Gasteiger charge is -2.32. The first kappa shape index (κ1) is 14.9. The highest BCUT2D eigenvalue weighted by Crippen LogP contribution is 2.20. The van der Waals surface area contributed by atoms with Gasteiger partial charge in [0.1, 0.15) is 5.75 Å². The summed E-state index contributed by atoms with van der Waals surface area (Å²) in [6, 6.07) is 8.14. The van der Waals surface area contributed by atoms with Crippen molar-refractivity contribution in [1.82, 2.24) is 10.2 Å². The van der Waals surface area contributed by atoms with Crippen LogP contribution in [0.1, 0.15) is 25.3 Å². The molecule has 1 amide bonds. The maximum atomic E-state index is 12.5. The maximum absolute atomic E-state index is 12.5. The Morgan fingerprint density at radius 2 is 2.30 bits per heavy atom. The van der Waals surface area contributed by atoms with Crippen molar-refractivity contribution in [1.29, 1.82) is 0 Å². The second kappa shape index (κ2) is 6.75. The minimum Gasteiger partial charge on any atom is -0.497 e. The van der Waals surface area contributed by atoms with E-state index in [0.29, 0.717) is 6.54 Å². The van der Waals surface area contributed by atoms with Crippen LogP contribution in [0.15, 0.2) is 24.3 Å². The molecule has 0 aliphatic carbocycles. The minimum absolute atomic E-state index is 0.0966. The molecule has 1 N–H and O–H groups in total. The molecule has 0 saturated carbocycles. The van der Waals surface area contributed by atoms with Gasteiger partial charge in [-0.05, 0) is 44.0 Å². The van der Waals surface area contributed by atoms with E-state index in [-0.39, 0.29) is 17.9 Å². The molecule has 0 spiro atoms. The Morgan fingerprint density at radius 3 is 3.00 bits per heavy atom. The van der Waals surface area contributed by atoms with Crippen LogP contribution in [0.25, 0.3) is 0 Å². The molecule has 0 radical (unpaired) electrons. The molecule has 4 nitrogen and oxygen atoms in total. The van der Waals surface area contributed by atoms with E-state index in [1.165, 1.54) is 0 Å². The van der Waals surface area contributed by atoms with Crippen LogP contribution < -0.4 is 10.1 Å². The van der Waals surface area contributed by atoms with Crippen LogP contribution in [-0.4, -0.2) is 37.6 Å². The molecule has 1 saturated heterocycles. The average molecular weight is 276 g/mol. The van der Waals surface area contributed by atoms with Gasteiger partial charge in [0, 0.05) is 19.6 Å². The summed E-state index contributed by atoms with van der Waals surface area (Å²) >= 11 is 0. The van der Waals surface area contributed by atoms with Gasteiger partial charge in [-0.25, -0.2) is 0 Å². The largest absolute Gasteiger partial charge is 0.497 e. The number of hydrogen-bond donors (Lipinski definition) is 1. The molecule has 0 bridgehead atoms. The molecule has 110 valence electrons. The molecule has 1 fully saturated rings. The second-order valence-electron chi connectivity index (χ2n) is 5.54. The Labute approximate surface area is 121 Å². The van der Waals surface area contributed by atoms with Gasteiger partial charge >= 0.3 is 0 Å². The van der Waals surface area contributed by atoms with E-state index >= 15 is 0 Å². The standard InChI is InChI=1S/C16H24N2O2/c1-12-15(8-5-9-17-12)16(19)18(2)11-13-6-4-7-14(10-13)20-3/h4,6-7,10,12,15,17H,5,8-9,11H2,1-3H3. The van der Waals surface area contributed by atoms with Crippen LogP contribution in [0.4, 0.5) is 0 Å². The van der Waals surface area contributed by atoms with Crippen molar-refractivity contribution < 1.29 is 9.53 Å². The quantitative estimate of drug-likeness (QED) is 0.915. The molecule has 2 atom stereocenters. The number of ether oxygens (including phenoxy) is 1. The first-order valence-electron chi connectivity index (χ1n) is 7.23. The van der Waals surface area contributed by atoms with E-state index in [9.17, 15) is 4.79 Å². The molecular formula is C16H24N2O2. The Hall–Kier alpha value is -1.55. The highest BCUT2D eigenvalue weighted by Gasteiger charge is 2.29. The number of rotatable bonds is 4. The van der Waals surface area contributed by atoms with Crippen LogP contribution in [0.2, 0.25) is 0 Å². The molecule has 20 heavy (non-hydrogen) atoms. The molecule has 1 aromatic rings. The van der Waals surface area contributed by atoms with Gasteiger partial charge in [0.15, 0.2) is 0 Å². The van der Waals surface area contributed by atoms with Gasteiger partial charge in [-0.15, -0.1) is 0 Å². The van der Waals surface area contributed by atoms with E-state index in [0.717, 1.165) is 30.7 Å². The first-order valence-corrected chi connectivity index (χ1v) is 7.23. The van der Waals surface area contributed by atoms with Crippen molar-refractivity contribution in [2.45, 2.75) is 32.4 Å². The Morgan fingerprint density at radius 1 is 1.50 bits per heavy atom. The monoisotopic (exact) mass is 276 g/mol. The fraction of sp³-hybridized carbons (Fsp3) is 0.562. The summed E-state index contributed by atoms with van der Waals surface area (Å²) in [5, 5.41) is 3.38. The summed E-state index contributed by atoms with van der Waals surface area (Å²) in [4.78, 5) is 14.3. The van der Waals surface area contributed by atoms with Gasteiger partial charge in [0.05, 0.1) is 13.0 Å². The zero-order valence-corrected chi connectivity index (χ0v) is 12.6. The van der Waals surface area contributed by atoms with Gasteiger partial charge < -0.3 is 15.0 Å². The number of hydrogen-bond acceptors (Lipinski definition) is 3. The summed E-state index contributed by atoms with van der Waals surface area (Å²) in [6.07, 6.45) is 2.06. The topological polar surface area (TPSA) is 41.6 Å². The lowest BCUT2D eigenvalue weighted by atomic mass is 9.90. The predicted molar refractivity (Wildman–Crippen MR) is 79.7 cm³/mol. The normalized spacial score (nSPS) is 22.4. The Balaban J connectivity index is 1.99. The zero-order chi connectivity index (χ0) is 14.5. The maximum Gasteiger partial charge on any atom is 0.227 e. The lowest BCUT2D eigenvalue weighted by Crippen LogP contribution is -2.47. The Kier molecular flexibility index (Phi) is 5.01. The summed E-state index contributed by atoms with van der Waals surface area (Å²) < 4.78 is 5.22. The molecule has 4 heteroatoms. The summed E-state index contributed by atoms with van der Waals surface area (Å²) in [6.45, 7) is 3.74. The molecular weight excluding hydrogens is 252 g/mol. The third-order valence-electron chi connectivity index (χ3n) is 4.01. The van der Waals surface area contributed by atoms with Gasteiger partial charge in [-0.3, -0.25) is 4.79 Å². The summed E-state index contributed by atoms with van der Waals surface area (Å²) in [7, 11) is 3.53. The van der Waals surface area contributed by atoms with E-state index < -0.39 is 0 Å². The molecule has 2 rings (SSSR count). The van der Waals surface area contributed by atoms with Crippen molar-refractivity contribution in [2.24, 2.45) is 5.92 Å². The van der Waals surface area contributed by atoms with Crippen molar-refractivity contribution >= 4 is 5.91 Å². The molecule has 1 heterocycles. The first-order chi connectivity index (χ1) is 9.61. The van der Waals surface area contributed by atoms with Crippen LogP contribution in [0.3, 0.4) is 0 Å². The smallest absolute Gasteiger partial charge is 0.227 e. The predicted octanol–water partition coefficient (Wildman–Crippen LogP) is 2.04. The highest BCUT2D eigenvalue weighted by atomic mass is 16.5. The minimum atomic E-state index is 0.0966. The van der Waals surface area contributed by atoms with E-state index in [2.05, 4.69) is 12.2 Å². The lowest BCUT2D eigenvalue weighted by molar-refractivity contribution is -0.136. The average Bonchev–Trinajstić information content (AvgIpc) is 2.47. The van der Waals surface area contributed by atoms with Crippen molar-refractivity contribution in [3.63, 3.8) is 0 Å². The van der Waals surface area contributed by atoms with Gasteiger partial charge in [-0.1, -0.05) is 12.1 Å². The fourth-order valence-electron chi connectivity index (χ4n) is 2.79. The van der Waals surface area contributed by atoms with Crippen molar-refractivity contribution in [3.05, 3.63) is 29.8 Å². The summed E-state index contributed by atoms with van der Waals surface area (Å²) in [5.41, 5.74) is 1.09. The zero-order valence-electron chi connectivity index (χ0n) is 12.6. The van der Waals surface area contributed by atoms with Crippen LogP contribution >= 0.6 is 0 Å². The molecule has 0 aromatic heterocycles. The second-order valence-corrected chi connectivity index (χ2v) is 5.54. The number of nitrogens with zero attached hydrogens (tertiary/aromatic N) is 1. The molecule has 2 unspecified atom stereocenters. The third kappa shape index (κ3) is 3.51. The highest BCUT2D eigenvalue weighted by molar-refractivity contribution is 5.79. The number of amides is 1. The van der Waals surface area contributed by atoms with E-state index in [1.807, 2.05) is 36.2 Å². The van der Waals surface area contributed by atoms with Crippen LogP contribution in [-0.2, 0) is 11.3 Å². The van der Waals surface area contributed by atoms with Gasteiger partial charge in [-0.2, -0.15) is 0 Å². The number of piperidine rings is 1. The number of methoxy groups -OCH3 is 1. The van der Waals surface area contributed by atoms with E-state index in [4.69, 9.17) is 4.74 Å². The third-order valence-corrected chi connectivity index (χ3v) is 4.01. The Bertz CT molecular complexity index is 462. The number of carbonyl (C=O) groups excluding carboxylic acids is 1. The summed E-state index contributed by atoms with van der Waals surface area (Å²) in [5.74, 6) is 1.16. The van der Waals surface area contributed by atoms with Gasteiger partial charge in [0.2, 0.25) is 5.91 Å². The SMILES string of the molecule is COc1cccc(CN(C)C(=O)C2CCCNC2C)c1. The van der Waals surface area contributed by atoms with Crippen molar-refractivity contribution in [2.75, 3.05) is 20.7 Å². The number of nitrogens with one attached hydrogen (secondary N) is 1. The van der Waals surface area contributed by atoms with Crippen LogP contribution in [0.5, 0.6) is 5.75 Å². The van der Waals surface area contributed by atoms with Gasteiger partial charge in [0.25, 0.3) is 0 Å². The molecule has 1 aliphatic heterocycles.